The molecule has 0 aromatic carbocycles. The van der Waals surface area contributed by atoms with E-state index in [1.807, 2.05) is 0 Å². The third-order valence-electron chi connectivity index (χ3n) is 0.357. The van der Waals surface area contributed by atoms with E-state index >= 15 is 0 Å². The summed E-state index contributed by atoms with van der Waals surface area (Å²) in [7, 11) is 0. The Kier molecular flexibility index (Phi) is 25.9. The molecule has 1 radical (unpaired) electrons. The van der Waals surface area contributed by atoms with Gasteiger partial charge >= 0.3 is 28.3 Å². The Bertz CT molecular complexity index is 124. The minimum absolute atomic E-state index is 0. The molecule has 0 rings (SSSR count). The van der Waals surface area contributed by atoms with E-state index in [1.165, 1.54) is 6.92 Å². The van der Waals surface area contributed by atoms with Gasteiger partial charge in [0.25, 0.3) is 0 Å². The summed E-state index contributed by atoms with van der Waals surface area (Å²) in [6.07, 6.45) is -1.23. The van der Waals surface area contributed by atoms with Crippen LogP contribution in [-0.2, 0) is 49.6 Å². The first-order valence-corrected chi connectivity index (χ1v) is 2.10. The third kappa shape index (κ3) is 49.7. The van der Waals surface area contributed by atoms with Crippen molar-refractivity contribution in [2.75, 3.05) is 0 Å². The second-order valence-electron chi connectivity index (χ2n) is 1.24. The maximum Gasteiger partial charge on any atom is 1.00 e. The van der Waals surface area contributed by atoms with Gasteiger partial charge in [-0.25, -0.2) is 4.79 Å². The van der Waals surface area contributed by atoms with Crippen LogP contribution in [0.3, 0.4) is 0 Å². The maximum absolute atomic E-state index is 9.45. The SMILES string of the molecule is CC(O)C(=O)O.O=[N+]([O-])[O-].[Ag+].[Ag]. The van der Waals surface area contributed by atoms with Gasteiger partial charge in [0.2, 0.25) is 0 Å². The average molecular weight is 368 g/mol. The number of nitrogens with zero attached hydrogens (tertiary/aromatic N) is 1. The molecule has 0 saturated heterocycles. The Morgan fingerprint density at radius 1 is 1.50 bits per heavy atom. The quantitative estimate of drug-likeness (QED) is 0.355. The van der Waals surface area contributed by atoms with Crippen molar-refractivity contribution in [1.82, 2.24) is 0 Å². The maximum atomic E-state index is 9.45. The summed E-state index contributed by atoms with van der Waals surface area (Å²) in [6.45, 7) is 1.20. The fourth-order valence-corrected chi connectivity index (χ4v) is 0. The molecule has 0 bridgehead atoms. The number of aliphatic hydroxyl groups is 1. The fraction of sp³-hybridized carbons (Fsp3) is 0.667. The predicted molar refractivity (Wildman–Crippen MR) is 29.7 cm³/mol. The first kappa shape index (κ1) is 22.7. The van der Waals surface area contributed by atoms with E-state index in [2.05, 4.69) is 0 Å². The van der Waals surface area contributed by atoms with Crippen LogP contribution in [0.15, 0.2) is 0 Å². The molecule has 0 aliphatic rings. The molecule has 81 valence electrons. The van der Waals surface area contributed by atoms with Gasteiger partial charge in [-0.3, -0.25) is 0 Å². The summed E-state index contributed by atoms with van der Waals surface area (Å²) in [6, 6.07) is 0. The minimum Gasteiger partial charge on any atom is -0.479 e. The van der Waals surface area contributed by atoms with E-state index in [-0.39, 0.29) is 44.8 Å². The molecule has 0 amide bonds. The van der Waals surface area contributed by atoms with Crippen molar-refractivity contribution in [2.45, 2.75) is 13.0 Å². The van der Waals surface area contributed by atoms with Crippen LogP contribution >= 0.6 is 0 Å². The van der Waals surface area contributed by atoms with Gasteiger partial charge in [-0.1, -0.05) is 0 Å². The molecule has 9 heteroatoms. The second-order valence-corrected chi connectivity index (χ2v) is 1.24. The van der Waals surface area contributed by atoms with Gasteiger partial charge < -0.3 is 25.5 Å². The number of hydrogen-bond donors (Lipinski definition) is 2. The summed E-state index contributed by atoms with van der Waals surface area (Å²) in [5.41, 5.74) is 0. The summed E-state index contributed by atoms with van der Waals surface area (Å²) in [5.74, 6) is -1.19. The van der Waals surface area contributed by atoms with E-state index in [1.54, 1.807) is 0 Å². The van der Waals surface area contributed by atoms with E-state index in [9.17, 15) is 4.79 Å². The van der Waals surface area contributed by atoms with Crippen LogP contribution in [0.25, 0.3) is 0 Å². The van der Waals surface area contributed by atoms with Gasteiger partial charge in [-0.15, -0.1) is 0 Å². The molecule has 2 N–H and O–H groups in total. The summed E-state index contributed by atoms with van der Waals surface area (Å²) in [4.78, 5) is 17.7. The Morgan fingerprint density at radius 2 is 1.58 bits per heavy atom. The zero-order valence-electron chi connectivity index (χ0n) is 5.66. The van der Waals surface area contributed by atoms with Crippen LogP contribution < -0.4 is 0 Å². The van der Waals surface area contributed by atoms with Gasteiger partial charge in [-0.05, 0) is 6.92 Å². The van der Waals surface area contributed by atoms with Crippen LogP contribution in [0.5, 0.6) is 0 Å². The van der Waals surface area contributed by atoms with Gasteiger partial charge in [-0.2, -0.15) is 0 Å². The van der Waals surface area contributed by atoms with Gasteiger partial charge in [0.15, 0.2) is 0 Å². The molecule has 7 nitrogen and oxygen atoms in total. The normalized spacial score (nSPS) is 8.83. The molecular formula is C3H6Ag2NO6. The molecule has 0 aliphatic carbocycles. The van der Waals surface area contributed by atoms with Crippen LogP contribution in [0.2, 0.25) is 0 Å². The summed E-state index contributed by atoms with van der Waals surface area (Å²) < 4.78 is 0. The van der Waals surface area contributed by atoms with Crippen molar-refractivity contribution >= 4 is 5.97 Å². The van der Waals surface area contributed by atoms with E-state index in [0.29, 0.717) is 0 Å². The number of carbonyl (C=O) groups is 1. The monoisotopic (exact) mass is 366 g/mol. The zero-order chi connectivity index (χ0) is 8.73. The third-order valence-corrected chi connectivity index (χ3v) is 0.357. The van der Waals surface area contributed by atoms with Gasteiger partial charge in [0, 0.05) is 22.4 Å². The van der Waals surface area contributed by atoms with E-state index in [0.717, 1.165) is 0 Å². The molecule has 0 aromatic rings. The first-order valence-electron chi connectivity index (χ1n) is 2.10. The Balaban J connectivity index is -0.0000000483. The average Bonchev–Trinajstić information content (AvgIpc) is 1.63. The second kappa shape index (κ2) is 13.7. The van der Waals surface area contributed by atoms with Gasteiger partial charge in [0.1, 0.15) is 6.10 Å². The number of aliphatic hydroxyl groups excluding tert-OH is 1. The van der Waals surface area contributed by atoms with Crippen molar-refractivity contribution in [2.24, 2.45) is 0 Å². The van der Waals surface area contributed by atoms with E-state index < -0.39 is 17.2 Å². The van der Waals surface area contributed by atoms with Crippen LogP contribution in [0, 0.1) is 15.3 Å². The number of carboxylic acid groups (broad SMARTS) is 1. The topological polar surface area (TPSA) is 124 Å². The zero-order valence-corrected chi connectivity index (χ0v) is 8.62. The van der Waals surface area contributed by atoms with Crippen molar-refractivity contribution in [3.63, 3.8) is 0 Å². The minimum atomic E-state index is -1.75. The fourth-order valence-electron chi connectivity index (χ4n) is 0. The van der Waals surface area contributed by atoms with Crippen molar-refractivity contribution in [3.05, 3.63) is 15.3 Å². The van der Waals surface area contributed by atoms with Crippen LogP contribution in [-0.4, -0.2) is 27.4 Å². The Morgan fingerprint density at radius 3 is 1.58 bits per heavy atom. The van der Waals surface area contributed by atoms with Crippen molar-refractivity contribution < 1.29 is 64.9 Å². The molecule has 0 aliphatic heterocycles. The molecule has 12 heavy (non-hydrogen) atoms. The largest absolute Gasteiger partial charge is 1.00 e. The number of aliphatic carboxylic acids is 1. The smallest absolute Gasteiger partial charge is 0.479 e. The summed E-state index contributed by atoms with van der Waals surface area (Å²) >= 11 is 0. The van der Waals surface area contributed by atoms with Gasteiger partial charge in [0.05, 0.1) is 5.09 Å². The summed E-state index contributed by atoms with van der Waals surface area (Å²) in [5, 5.41) is 30.5. The Hall–Kier alpha value is 0.111. The van der Waals surface area contributed by atoms with Crippen LogP contribution in [0.1, 0.15) is 6.92 Å². The number of hydrogen-bond acceptors (Lipinski definition) is 5. The molecule has 0 heterocycles. The van der Waals surface area contributed by atoms with Crippen molar-refractivity contribution in [1.29, 1.82) is 0 Å². The Labute approximate surface area is 98.9 Å². The standard InChI is InChI=1S/C3H6O3.2Ag.NO3/c1-2(4)3(5)6;;;2-1(3)4/h2,4H,1H3,(H,5,6);;;/q;;+1;-1. The number of carboxylic acids is 1. The molecule has 1 atom stereocenters. The first-order chi connectivity index (χ1) is 4.37. The molecule has 0 saturated carbocycles. The van der Waals surface area contributed by atoms with Crippen molar-refractivity contribution in [3.8, 4) is 0 Å². The molecule has 1 unspecified atom stereocenters. The van der Waals surface area contributed by atoms with Crippen LogP contribution in [0.4, 0.5) is 0 Å². The molecule has 0 fully saturated rings. The number of rotatable bonds is 1. The predicted octanol–water partition coefficient (Wildman–Crippen LogP) is -0.792. The van der Waals surface area contributed by atoms with E-state index in [4.69, 9.17) is 25.5 Å². The molecule has 0 aromatic heterocycles. The molecular weight excluding hydrogens is 362 g/mol. The molecule has 0 spiro atoms.